The molecule has 3 rings (SSSR count). The third kappa shape index (κ3) is 4.15. The first kappa shape index (κ1) is 17.0. The van der Waals surface area contributed by atoms with Gasteiger partial charge in [0, 0.05) is 50.4 Å². The molecule has 130 valence electrons. The maximum atomic E-state index is 12.5. The van der Waals surface area contributed by atoms with Gasteiger partial charge in [-0.25, -0.2) is 0 Å². The molecule has 1 aliphatic heterocycles. The van der Waals surface area contributed by atoms with Crippen molar-refractivity contribution in [3.8, 4) is 0 Å². The van der Waals surface area contributed by atoms with Gasteiger partial charge in [-0.05, 0) is 30.2 Å². The number of amides is 2. The van der Waals surface area contributed by atoms with E-state index >= 15 is 0 Å². The number of aryl methyl sites for hydroxylation is 2. The fourth-order valence-corrected chi connectivity index (χ4v) is 3.02. The smallest absolute Gasteiger partial charge is 0.247 e. The van der Waals surface area contributed by atoms with Crippen molar-refractivity contribution in [2.24, 2.45) is 7.05 Å². The summed E-state index contributed by atoms with van der Waals surface area (Å²) in [7, 11) is 1.91. The number of anilines is 1. The van der Waals surface area contributed by atoms with E-state index < -0.39 is 0 Å². The topological polar surface area (TPSA) is 67.2 Å². The van der Waals surface area contributed by atoms with E-state index in [9.17, 15) is 9.59 Å². The van der Waals surface area contributed by atoms with Gasteiger partial charge in [0.15, 0.2) is 0 Å². The normalized spacial score (nSPS) is 13.2. The minimum atomic E-state index is -0.234. The Morgan fingerprint density at radius 2 is 2.08 bits per heavy atom. The molecule has 0 fully saturated rings. The van der Waals surface area contributed by atoms with Crippen molar-refractivity contribution >= 4 is 17.5 Å². The number of carbonyl (C=O) groups excluding carboxylic acids is 2. The minimum absolute atomic E-state index is 0.165. The Morgan fingerprint density at radius 1 is 1.32 bits per heavy atom. The van der Waals surface area contributed by atoms with Crippen molar-refractivity contribution in [1.82, 2.24) is 14.7 Å². The first-order chi connectivity index (χ1) is 12.0. The Labute approximate surface area is 147 Å². The van der Waals surface area contributed by atoms with E-state index in [2.05, 4.69) is 17.0 Å². The van der Waals surface area contributed by atoms with Crippen molar-refractivity contribution in [2.75, 3.05) is 11.9 Å². The molecule has 2 heterocycles. The quantitative estimate of drug-likeness (QED) is 0.849. The highest BCUT2D eigenvalue weighted by atomic mass is 16.2. The Morgan fingerprint density at radius 3 is 2.80 bits per heavy atom. The summed E-state index contributed by atoms with van der Waals surface area (Å²) in [6.07, 6.45) is 5.21. The van der Waals surface area contributed by atoms with Gasteiger partial charge < -0.3 is 10.2 Å². The third-order valence-corrected chi connectivity index (χ3v) is 4.36. The van der Waals surface area contributed by atoms with Crippen LogP contribution in [-0.2, 0) is 36.0 Å². The molecule has 2 amide bonds. The molecule has 1 aliphatic rings. The summed E-state index contributed by atoms with van der Waals surface area (Å²) in [6.45, 7) is 4.80. The van der Waals surface area contributed by atoms with Crippen LogP contribution >= 0.6 is 0 Å². The van der Waals surface area contributed by atoms with Gasteiger partial charge in [0.25, 0.3) is 0 Å². The van der Waals surface area contributed by atoms with Crippen LogP contribution in [0.5, 0.6) is 0 Å². The van der Waals surface area contributed by atoms with Crippen LogP contribution in [0.2, 0.25) is 0 Å². The lowest BCUT2D eigenvalue weighted by atomic mass is 10.1. The Bertz CT molecular complexity index is 792. The predicted molar refractivity (Wildman–Crippen MR) is 95.9 cm³/mol. The summed E-state index contributed by atoms with van der Waals surface area (Å²) in [6, 6.07) is 7.54. The van der Waals surface area contributed by atoms with Crippen LogP contribution in [0.25, 0.3) is 0 Å². The standard InChI is InChI=1S/C19H22N4O2/c1-3-18(24)20-16-7-4-14(5-8-16)6-9-19(25)23-11-10-17-15(13-23)12-22(2)21-17/h3-5,7-8,12H,1,6,9-11,13H2,2H3,(H,20,24). The number of fused-ring (bicyclic) bond motifs is 1. The van der Waals surface area contributed by atoms with E-state index in [1.54, 1.807) is 0 Å². The van der Waals surface area contributed by atoms with Gasteiger partial charge in [0.05, 0.1) is 5.69 Å². The molecule has 1 aromatic carbocycles. The minimum Gasteiger partial charge on any atom is -0.338 e. The van der Waals surface area contributed by atoms with Crippen molar-refractivity contribution in [2.45, 2.75) is 25.8 Å². The maximum Gasteiger partial charge on any atom is 0.247 e. The molecule has 25 heavy (non-hydrogen) atoms. The Hall–Kier alpha value is -2.89. The van der Waals surface area contributed by atoms with Gasteiger partial charge in [-0.15, -0.1) is 0 Å². The van der Waals surface area contributed by atoms with Crippen molar-refractivity contribution in [3.63, 3.8) is 0 Å². The summed E-state index contributed by atoms with van der Waals surface area (Å²) in [4.78, 5) is 25.6. The molecule has 6 heteroatoms. The molecule has 0 unspecified atom stereocenters. The van der Waals surface area contributed by atoms with E-state index in [1.165, 1.54) is 6.08 Å². The zero-order chi connectivity index (χ0) is 17.8. The second-order valence-electron chi connectivity index (χ2n) is 6.23. The zero-order valence-corrected chi connectivity index (χ0v) is 14.4. The second kappa shape index (κ2) is 7.34. The lowest BCUT2D eigenvalue weighted by Crippen LogP contribution is -2.35. The number of rotatable bonds is 5. The maximum absolute atomic E-state index is 12.5. The second-order valence-corrected chi connectivity index (χ2v) is 6.23. The number of carbonyl (C=O) groups is 2. The van der Waals surface area contributed by atoms with Crippen LogP contribution in [0.3, 0.4) is 0 Å². The van der Waals surface area contributed by atoms with Crippen LogP contribution in [0, 0.1) is 0 Å². The van der Waals surface area contributed by atoms with E-state index in [0.29, 0.717) is 19.4 Å². The molecule has 0 bridgehead atoms. The fourth-order valence-electron chi connectivity index (χ4n) is 3.02. The number of benzene rings is 1. The largest absolute Gasteiger partial charge is 0.338 e. The molecule has 0 saturated carbocycles. The molecule has 6 nitrogen and oxygen atoms in total. The molecular weight excluding hydrogens is 316 g/mol. The zero-order valence-electron chi connectivity index (χ0n) is 14.4. The van der Waals surface area contributed by atoms with Gasteiger partial charge in [-0.1, -0.05) is 18.7 Å². The summed E-state index contributed by atoms with van der Waals surface area (Å²) in [5.41, 5.74) is 4.04. The van der Waals surface area contributed by atoms with Crippen LogP contribution < -0.4 is 5.32 Å². The molecule has 0 spiro atoms. The number of hydrogen-bond acceptors (Lipinski definition) is 3. The van der Waals surface area contributed by atoms with Crippen LogP contribution in [0.4, 0.5) is 5.69 Å². The SMILES string of the molecule is C=CC(=O)Nc1ccc(CCC(=O)N2CCc3nn(C)cc3C2)cc1. The van der Waals surface area contributed by atoms with Gasteiger partial charge >= 0.3 is 0 Å². The lowest BCUT2D eigenvalue weighted by molar-refractivity contribution is -0.132. The highest BCUT2D eigenvalue weighted by Crippen LogP contribution is 2.18. The van der Waals surface area contributed by atoms with Gasteiger partial charge in [0.2, 0.25) is 11.8 Å². The first-order valence-corrected chi connectivity index (χ1v) is 8.36. The molecule has 0 atom stereocenters. The molecule has 1 aromatic heterocycles. The predicted octanol–water partition coefficient (Wildman–Crippen LogP) is 2.06. The van der Waals surface area contributed by atoms with Crippen molar-refractivity contribution in [1.29, 1.82) is 0 Å². The molecular formula is C19H22N4O2. The fraction of sp³-hybridized carbons (Fsp3) is 0.316. The highest BCUT2D eigenvalue weighted by molar-refractivity contribution is 5.98. The van der Waals surface area contributed by atoms with E-state index in [-0.39, 0.29) is 11.8 Å². The van der Waals surface area contributed by atoms with Gasteiger partial charge in [-0.2, -0.15) is 5.10 Å². The molecule has 0 radical (unpaired) electrons. The molecule has 0 saturated heterocycles. The Balaban J connectivity index is 1.52. The van der Waals surface area contributed by atoms with E-state index in [0.717, 1.165) is 35.5 Å². The Kier molecular flexibility index (Phi) is 4.97. The molecule has 0 aliphatic carbocycles. The summed E-state index contributed by atoms with van der Waals surface area (Å²) in [5, 5.41) is 7.12. The third-order valence-electron chi connectivity index (χ3n) is 4.36. The number of nitrogens with one attached hydrogen (secondary N) is 1. The van der Waals surface area contributed by atoms with Gasteiger partial charge in [-0.3, -0.25) is 14.3 Å². The monoisotopic (exact) mass is 338 g/mol. The number of aromatic nitrogens is 2. The summed E-state index contributed by atoms with van der Waals surface area (Å²) in [5.74, 6) is -0.0682. The van der Waals surface area contributed by atoms with Gasteiger partial charge in [0.1, 0.15) is 0 Å². The first-order valence-electron chi connectivity index (χ1n) is 8.36. The van der Waals surface area contributed by atoms with Crippen molar-refractivity contribution < 1.29 is 9.59 Å². The van der Waals surface area contributed by atoms with E-state index in [1.807, 2.05) is 47.1 Å². The number of nitrogens with zero attached hydrogens (tertiary/aromatic N) is 3. The summed E-state index contributed by atoms with van der Waals surface area (Å²) < 4.78 is 1.81. The lowest BCUT2D eigenvalue weighted by Gasteiger charge is -2.26. The van der Waals surface area contributed by atoms with Crippen LogP contribution in [0.15, 0.2) is 43.1 Å². The van der Waals surface area contributed by atoms with Crippen LogP contribution in [-0.4, -0.2) is 33.0 Å². The molecule has 2 aromatic rings. The summed E-state index contributed by atoms with van der Waals surface area (Å²) >= 11 is 0. The van der Waals surface area contributed by atoms with Crippen LogP contribution in [0.1, 0.15) is 23.2 Å². The average molecular weight is 338 g/mol. The van der Waals surface area contributed by atoms with E-state index in [4.69, 9.17) is 0 Å². The highest BCUT2D eigenvalue weighted by Gasteiger charge is 2.22. The van der Waals surface area contributed by atoms with Crippen molar-refractivity contribution in [3.05, 3.63) is 59.9 Å². The average Bonchev–Trinajstić information content (AvgIpc) is 2.99. The number of hydrogen-bond donors (Lipinski definition) is 1. The molecule has 1 N–H and O–H groups in total.